The van der Waals surface area contributed by atoms with Gasteiger partial charge >= 0.3 is 0 Å². The van der Waals surface area contributed by atoms with Crippen molar-refractivity contribution in [3.63, 3.8) is 0 Å². The SMILES string of the molecule is CC(C)N(CC1CC1)CC(O)C1CC1. The standard InChI is InChI=1S/C12H23NO/c1-9(2)13(7-10-3-4-10)8-12(14)11-5-6-11/h9-12,14H,3-8H2,1-2H3. The molecule has 0 amide bonds. The first-order valence-corrected chi connectivity index (χ1v) is 6.09. The maximum absolute atomic E-state index is 9.90. The van der Waals surface area contributed by atoms with Crippen LogP contribution in [0.4, 0.5) is 0 Å². The van der Waals surface area contributed by atoms with Gasteiger partial charge < -0.3 is 5.11 Å². The Morgan fingerprint density at radius 3 is 2.29 bits per heavy atom. The minimum atomic E-state index is -0.0591. The van der Waals surface area contributed by atoms with Gasteiger partial charge in [0.1, 0.15) is 0 Å². The van der Waals surface area contributed by atoms with Gasteiger partial charge in [-0.25, -0.2) is 0 Å². The predicted molar refractivity (Wildman–Crippen MR) is 58.2 cm³/mol. The largest absolute Gasteiger partial charge is 0.392 e. The summed E-state index contributed by atoms with van der Waals surface area (Å²) < 4.78 is 0. The fourth-order valence-corrected chi connectivity index (χ4v) is 2.00. The number of hydrogen-bond acceptors (Lipinski definition) is 2. The Labute approximate surface area is 87.3 Å². The van der Waals surface area contributed by atoms with Crippen LogP contribution in [0.15, 0.2) is 0 Å². The molecular formula is C12H23NO. The van der Waals surface area contributed by atoms with E-state index >= 15 is 0 Å². The first-order chi connectivity index (χ1) is 6.66. The van der Waals surface area contributed by atoms with Crippen LogP contribution in [0.3, 0.4) is 0 Å². The summed E-state index contributed by atoms with van der Waals surface area (Å²) in [4.78, 5) is 2.46. The van der Waals surface area contributed by atoms with Gasteiger partial charge in [0.25, 0.3) is 0 Å². The van der Waals surface area contributed by atoms with Crippen LogP contribution < -0.4 is 0 Å². The molecule has 0 saturated heterocycles. The molecule has 2 heteroatoms. The molecule has 2 rings (SSSR count). The molecule has 0 aromatic carbocycles. The summed E-state index contributed by atoms with van der Waals surface area (Å²) in [6.45, 7) is 6.59. The summed E-state index contributed by atoms with van der Waals surface area (Å²) in [5, 5.41) is 9.90. The molecule has 0 aromatic rings. The van der Waals surface area contributed by atoms with Gasteiger partial charge in [0.2, 0.25) is 0 Å². The molecule has 0 heterocycles. The third-order valence-electron chi connectivity index (χ3n) is 3.51. The van der Waals surface area contributed by atoms with Crippen molar-refractivity contribution in [2.75, 3.05) is 13.1 Å². The fraction of sp³-hybridized carbons (Fsp3) is 1.00. The Morgan fingerprint density at radius 2 is 1.86 bits per heavy atom. The highest BCUT2D eigenvalue weighted by molar-refractivity contribution is 4.85. The van der Waals surface area contributed by atoms with Gasteiger partial charge in [-0.2, -0.15) is 0 Å². The van der Waals surface area contributed by atoms with E-state index in [1.165, 1.54) is 32.2 Å². The van der Waals surface area contributed by atoms with Crippen molar-refractivity contribution in [2.45, 2.75) is 51.7 Å². The molecule has 0 aliphatic heterocycles. The van der Waals surface area contributed by atoms with Gasteiger partial charge in [0.15, 0.2) is 0 Å². The van der Waals surface area contributed by atoms with Gasteiger partial charge in [0, 0.05) is 19.1 Å². The maximum Gasteiger partial charge on any atom is 0.0695 e. The molecule has 0 aromatic heterocycles. The Morgan fingerprint density at radius 1 is 1.21 bits per heavy atom. The number of rotatable bonds is 6. The topological polar surface area (TPSA) is 23.5 Å². The van der Waals surface area contributed by atoms with E-state index in [1.807, 2.05) is 0 Å². The number of aliphatic hydroxyl groups is 1. The van der Waals surface area contributed by atoms with Gasteiger partial charge in [-0.1, -0.05) is 0 Å². The highest BCUT2D eigenvalue weighted by Gasteiger charge is 2.33. The molecule has 2 nitrogen and oxygen atoms in total. The first-order valence-electron chi connectivity index (χ1n) is 6.09. The quantitative estimate of drug-likeness (QED) is 0.703. The van der Waals surface area contributed by atoms with E-state index in [0.717, 1.165) is 12.5 Å². The Balaban J connectivity index is 1.75. The molecule has 2 saturated carbocycles. The average molecular weight is 197 g/mol. The van der Waals surface area contributed by atoms with Crippen LogP contribution in [-0.2, 0) is 0 Å². The molecule has 14 heavy (non-hydrogen) atoms. The second-order valence-corrected chi connectivity index (χ2v) is 5.40. The Kier molecular flexibility index (Phi) is 3.13. The third-order valence-corrected chi connectivity index (χ3v) is 3.51. The van der Waals surface area contributed by atoms with Crippen molar-refractivity contribution in [3.05, 3.63) is 0 Å². The lowest BCUT2D eigenvalue weighted by Gasteiger charge is -2.28. The van der Waals surface area contributed by atoms with E-state index in [0.29, 0.717) is 12.0 Å². The lowest BCUT2D eigenvalue weighted by Crippen LogP contribution is -2.39. The van der Waals surface area contributed by atoms with Gasteiger partial charge in [-0.15, -0.1) is 0 Å². The van der Waals surface area contributed by atoms with Gasteiger partial charge in [0.05, 0.1) is 6.10 Å². The average Bonchev–Trinajstić information content (AvgIpc) is 2.98. The van der Waals surface area contributed by atoms with E-state index in [-0.39, 0.29) is 6.10 Å². The van der Waals surface area contributed by atoms with Crippen LogP contribution in [0.2, 0.25) is 0 Å². The molecule has 1 atom stereocenters. The molecule has 0 radical (unpaired) electrons. The number of hydrogen-bond donors (Lipinski definition) is 1. The van der Waals surface area contributed by atoms with Crippen LogP contribution >= 0.6 is 0 Å². The van der Waals surface area contributed by atoms with Crippen LogP contribution in [0.1, 0.15) is 39.5 Å². The molecule has 1 unspecified atom stereocenters. The molecule has 82 valence electrons. The van der Waals surface area contributed by atoms with Crippen molar-refractivity contribution in [2.24, 2.45) is 11.8 Å². The summed E-state index contributed by atoms with van der Waals surface area (Å²) in [5.74, 6) is 1.55. The highest BCUT2D eigenvalue weighted by Crippen LogP contribution is 2.34. The molecule has 2 aliphatic carbocycles. The van der Waals surface area contributed by atoms with Gasteiger partial charge in [-0.3, -0.25) is 4.90 Å². The van der Waals surface area contributed by atoms with Crippen LogP contribution in [0, 0.1) is 11.8 Å². The lowest BCUT2D eigenvalue weighted by molar-refractivity contribution is 0.0775. The summed E-state index contributed by atoms with van der Waals surface area (Å²) in [7, 11) is 0. The summed E-state index contributed by atoms with van der Waals surface area (Å²) >= 11 is 0. The van der Waals surface area contributed by atoms with E-state index in [1.54, 1.807) is 0 Å². The fourth-order valence-electron chi connectivity index (χ4n) is 2.00. The Hall–Kier alpha value is -0.0800. The molecule has 0 spiro atoms. The van der Waals surface area contributed by atoms with Crippen LogP contribution in [-0.4, -0.2) is 35.2 Å². The first kappa shape index (κ1) is 10.4. The van der Waals surface area contributed by atoms with Crippen molar-refractivity contribution in [1.29, 1.82) is 0 Å². The van der Waals surface area contributed by atoms with Crippen LogP contribution in [0.5, 0.6) is 0 Å². The molecule has 1 N–H and O–H groups in total. The van der Waals surface area contributed by atoms with E-state index in [2.05, 4.69) is 18.7 Å². The second-order valence-electron chi connectivity index (χ2n) is 5.40. The number of nitrogens with zero attached hydrogens (tertiary/aromatic N) is 1. The summed E-state index contributed by atoms with van der Waals surface area (Å²) in [5.41, 5.74) is 0. The third kappa shape index (κ3) is 2.96. The smallest absolute Gasteiger partial charge is 0.0695 e. The zero-order valence-corrected chi connectivity index (χ0v) is 9.45. The monoisotopic (exact) mass is 197 g/mol. The second kappa shape index (κ2) is 4.19. The van der Waals surface area contributed by atoms with E-state index < -0.39 is 0 Å². The minimum Gasteiger partial charge on any atom is -0.392 e. The van der Waals surface area contributed by atoms with Crippen molar-refractivity contribution < 1.29 is 5.11 Å². The molecule has 0 bridgehead atoms. The van der Waals surface area contributed by atoms with Crippen molar-refractivity contribution in [1.82, 2.24) is 4.90 Å². The molecule has 2 aliphatic rings. The van der Waals surface area contributed by atoms with Crippen LogP contribution in [0.25, 0.3) is 0 Å². The highest BCUT2D eigenvalue weighted by atomic mass is 16.3. The lowest BCUT2D eigenvalue weighted by atomic mass is 10.2. The normalized spacial score (nSPS) is 24.6. The van der Waals surface area contributed by atoms with Crippen molar-refractivity contribution >= 4 is 0 Å². The summed E-state index contributed by atoms with van der Waals surface area (Å²) in [6.07, 6.45) is 5.24. The number of aliphatic hydroxyl groups excluding tert-OH is 1. The van der Waals surface area contributed by atoms with E-state index in [9.17, 15) is 5.11 Å². The minimum absolute atomic E-state index is 0.0591. The maximum atomic E-state index is 9.90. The van der Waals surface area contributed by atoms with Crippen molar-refractivity contribution in [3.8, 4) is 0 Å². The molecule has 2 fully saturated rings. The Bertz CT molecular complexity index is 185. The zero-order valence-electron chi connectivity index (χ0n) is 9.45. The molecular weight excluding hydrogens is 174 g/mol. The summed E-state index contributed by atoms with van der Waals surface area (Å²) in [6, 6.07) is 0.587. The van der Waals surface area contributed by atoms with E-state index in [4.69, 9.17) is 0 Å². The zero-order chi connectivity index (χ0) is 10.1. The predicted octanol–water partition coefficient (Wildman–Crippen LogP) is 1.88. The van der Waals surface area contributed by atoms with Gasteiger partial charge in [-0.05, 0) is 51.4 Å².